The zero-order valence-electron chi connectivity index (χ0n) is 11.6. The molecule has 6 nitrogen and oxygen atoms in total. The summed E-state index contributed by atoms with van der Waals surface area (Å²) in [7, 11) is 0. The van der Waals surface area contributed by atoms with Crippen LogP contribution in [0.4, 0.5) is 10.5 Å². The summed E-state index contributed by atoms with van der Waals surface area (Å²) < 4.78 is 2.31. The van der Waals surface area contributed by atoms with Crippen LogP contribution in [0.25, 0.3) is 10.9 Å². The number of carbonyl (C=O) groups is 2. The minimum absolute atomic E-state index is 0.206. The molecule has 2 aromatic rings. The third kappa shape index (κ3) is 1.99. The number of fused-ring (bicyclic) bond motifs is 3. The number of hydrogen-bond acceptors (Lipinski definition) is 3. The van der Waals surface area contributed by atoms with Crippen LogP contribution >= 0.6 is 0 Å². The molecule has 1 fully saturated rings. The molecule has 0 saturated carbocycles. The van der Waals surface area contributed by atoms with Gasteiger partial charge in [-0.1, -0.05) is 0 Å². The van der Waals surface area contributed by atoms with Crippen LogP contribution in [-0.2, 0) is 17.9 Å². The Morgan fingerprint density at radius 3 is 2.86 bits per heavy atom. The van der Waals surface area contributed by atoms with Crippen LogP contribution in [0.2, 0.25) is 0 Å². The number of carbonyl (C=O) groups excluding carboxylic acids is 2. The van der Waals surface area contributed by atoms with Gasteiger partial charge in [-0.15, -0.1) is 0 Å². The van der Waals surface area contributed by atoms with Crippen molar-refractivity contribution in [2.75, 3.05) is 18.0 Å². The predicted molar refractivity (Wildman–Crippen MR) is 79.1 cm³/mol. The largest absolute Gasteiger partial charge is 0.342 e. The van der Waals surface area contributed by atoms with E-state index in [2.05, 4.69) is 27.3 Å². The lowest BCUT2D eigenvalue weighted by Crippen LogP contribution is -2.49. The van der Waals surface area contributed by atoms with Gasteiger partial charge >= 0.3 is 6.03 Å². The van der Waals surface area contributed by atoms with Crippen molar-refractivity contribution >= 4 is 28.5 Å². The van der Waals surface area contributed by atoms with Crippen molar-refractivity contribution in [1.82, 2.24) is 15.2 Å². The molecular weight excluding hydrogens is 268 g/mol. The van der Waals surface area contributed by atoms with E-state index in [1.54, 1.807) is 4.90 Å². The van der Waals surface area contributed by atoms with E-state index in [-0.39, 0.29) is 11.9 Å². The van der Waals surface area contributed by atoms with Crippen LogP contribution in [0.15, 0.2) is 24.3 Å². The number of amides is 3. The molecule has 2 aliphatic rings. The minimum atomic E-state index is -0.337. The zero-order chi connectivity index (χ0) is 14.4. The van der Waals surface area contributed by atoms with E-state index in [1.807, 2.05) is 12.1 Å². The summed E-state index contributed by atoms with van der Waals surface area (Å²) >= 11 is 0. The summed E-state index contributed by atoms with van der Waals surface area (Å²) in [6.45, 7) is 3.26. The molecule has 0 atom stereocenters. The summed E-state index contributed by atoms with van der Waals surface area (Å²) in [6, 6.07) is 7.86. The van der Waals surface area contributed by atoms with Crippen LogP contribution in [0.5, 0.6) is 0 Å². The predicted octanol–water partition coefficient (Wildman–Crippen LogP) is 1.19. The molecule has 0 spiro atoms. The summed E-state index contributed by atoms with van der Waals surface area (Å²) in [5.41, 5.74) is 3.30. The highest BCUT2D eigenvalue weighted by molar-refractivity contribution is 6.06. The fraction of sp³-hybridized carbons (Fsp3) is 0.333. The quantitative estimate of drug-likeness (QED) is 0.826. The van der Waals surface area contributed by atoms with Crippen molar-refractivity contribution in [3.8, 4) is 0 Å². The number of nitrogens with zero attached hydrogens (tertiary/aromatic N) is 2. The molecule has 21 heavy (non-hydrogen) atoms. The maximum Gasteiger partial charge on any atom is 0.328 e. The lowest BCUT2D eigenvalue weighted by molar-refractivity contribution is -0.120. The maximum atomic E-state index is 11.9. The van der Waals surface area contributed by atoms with Gasteiger partial charge in [0.2, 0.25) is 5.91 Å². The van der Waals surface area contributed by atoms with Gasteiger partial charge in [0.05, 0.1) is 0 Å². The number of hydrogen-bond donors (Lipinski definition) is 2. The number of imide groups is 1. The van der Waals surface area contributed by atoms with E-state index in [0.29, 0.717) is 13.0 Å². The van der Waals surface area contributed by atoms with Gasteiger partial charge in [-0.3, -0.25) is 15.0 Å². The first-order valence-corrected chi connectivity index (χ1v) is 7.16. The number of urea groups is 1. The molecule has 3 heterocycles. The van der Waals surface area contributed by atoms with E-state index in [1.165, 1.54) is 11.2 Å². The molecule has 1 aromatic heterocycles. The third-order valence-electron chi connectivity index (χ3n) is 4.15. The molecule has 3 amide bonds. The molecule has 2 aliphatic heterocycles. The second-order valence-electron chi connectivity index (χ2n) is 5.46. The highest BCUT2D eigenvalue weighted by Crippen LogP contribution is 2.27. The first-order chi connectivity index (χ1) is 10.2. The van der Waals surface area contributed by atoms with Gasteiger partial charge in [0.1, 0.15) is 0 Å². The summed E-state index contributed by atoms with van der Waals surface area (Å²) in [5.74, 6) is -0.206. The van der Waals surface area contributed by atoms with Gasteiger partial charge in [0.15, 0.2) is 0 Å². The van der Waals surface area contributed by atoms with E-state index in [4.69, 9.17) is 0 Å². The number of anilines is 1. The summed E-state index contributed by atoms with van der Waals surface area (Å²) in [4.78, 5) is 24.8. The molecular formula is C15H16N4O2. The fourth-order valence-electron chi connectivity index (χ4n) is 3.11. The first kappa shape index (κ1) is 12.4. The Bertz CT molecular complexity index is 749. The molecule has 0 radical (unpaired) electrons. The SMILES string of the molecule is O=C1CCN(c2ccc3c(c2)cc2n3CCNC2)C(=O)N1. The van der Waals surface area contributed by atoms with Gasteiger partial charge in [-0.05, 0) is 24.3 Å². The van der Waals surface area contributed by atoms with Crippen LogP contribution in [0.3, 0.4) is 0 Å². The topological polar surface area (TPSA) is 66.4 Å². The first-order valence-electron chi connectivity index (χ1n) is 7.16. The number of nitrogens with one attached hydrogen (secondary N) is 2. The number of aromatic nitrogens is 1. The monoisotopic (exact) mass is 284 g/mol. The Balaban J connectivity index is 1.74. The van der Waals surface area contributed by atoms with Crippen molar-refractivity contribution in [2.24, 2.45) is 0 Å². The Morgan fingerprint density at radius 2 is 2.00 bits per heavy atom. The molecule has 1 aromatic carbocycles. The molecule has 108 valence electrons. The molecule has 4 rings (SSSR count). The molecule has 6 heteroatoms. The van der Waals surface area contributed by atoms with Gasteiger partial charge in [0.25, 0.3) is 0 Å². The highest BCUT2D eigenvalue weighted by atomic mass is 16.2. The third-order valence-corrected chi connectivity index (χ3v) is 4.15. The molecule has 2 N–H and O–H groups in total. The van der Waals surface area contributed by atoms with Crippen LogP contribution in [-0.4, -0.2) is 29.6 Å². The van der Waals surface area contributed by atoms with Gasteiger partial charge in [-0.25, -0.2) is 4.79 Å². The van der Waals surface area contributed by atoms with Crippen LogP contribution < -0.4 is 15.5 Å². The molecule has 0 bridgehead atoms. The number of benzene rings is 1. The van der Waals surface area contributed by atoms with E-state index in [9.17, 15) is 9.59 Å². The Kier molecular flexibility index (Phi) is 2.71. The minimum Gasteiger partial charge on any atom is -0.342 e. The second kappa shape index (κ2) is 4.60. The smallest absolute Gasteiger partial charge is 0.328 e. The molecule has 0 aliphatic carbocycles. The van der Waals surface area contributed by atoms with Crippen molar-refractivity contribution < 1.29 is 9.59 Å². The van der Waals surface area contributed by atoms with Gasteiger partial charge in [0, 0.05) is 54.9 Å². The van der Waals surface area contributed by atoms with E-state index < -0.39 is 0 Å². The average Bonchev–Trinajstić information content (AvgIpc) is 2.84. The number of rotatable bonds is 1. The van der Waals surface area contributed by atoms with Gasteiger partial charge < -0.3 is 9.88 Å². The van der Waals surface area contributed by atoms with Crippen LogP contribution in [0.1, 0.15) is 12.1 Å². The fourth-order valence-corrected chi connectivity index (χ4v) is 3.11. The van der Waals surface area contributed by atoms with E-state index >= 15 is 0 Å². The van der Waals surface area contributed by atoms with Crippen molar-refractivity contribution in [1.29, 1.82) is 0 Å². The van der Waals surface area contributed by atoms with E-state index in [0.717, 1.165) is 30.7 Å². The second-order valence-corrected chi connectivity index (χ2v) is 5.46. The average molecular weight is 284 g/mol. The lowest BCUT2D eigenvalue weighted by atomic mass is 10.2. The standard InChI is InChI=1S/C15H16N4O2/c20-14-3-5-19(15(21)17-14)11-1-2-13-10(7-11)8-12-9-16-4-6-18(12)13/h1-2,7-8,16H,3-6,9H2,(H,17,20,21). The highest BCUT2D eigenvalue weighted by Gasteiger charge is 2.24. The molecule has 1 saturated heterocycles. The Labute approximate surface area is 121 Å². The van der Waals surface area contributed by atoms with Gasteiger partial charge in [-0.2, -0.15) is 0 Å². The Morgan fingerprint density at radius 1 is 1.10 bits per heavy atom. The normalized spacial score (nSPS) is 18.8. The zero-order valence-corrected chi connectivity index (χ0v) is 11.6. The Hall–Kier alpha value is -2.34. The summed E-state index contributed by atoms with van der Waals surface area (Å²) in [6.07, 6.45) is 0.347. The van der Waals surface area contributed by atoms with Crippen molar-refractivity contribution in [3.05, 3.63) is 30.0 Å². The summed E-state index contributed by atoms with van der Waals surface area (Å²) in [5, 5.41) is 6.85. The lowest BCUT2D eigenvalue weighted by Gasteiger charge is -2.26. The molecule has 0 unspecified atom stereocenters. The van der Waals surface area contributed by atoms with Crippen molar-refractivity contribution in [3.63, 3.8) is 0 Å². The maximum absolute atomic E-state index is 11.9. The van der Waals surface area contributed by atoms with Crippen molar-refractivity contribution in [2.45, 2.75) is 19.5 Å². The van der Waals surface area contributed by atoms with Crippen LogP contribution in [0, 0.1) is 0 Å².